The van der Waals surface area contributed by atoms with E-state index in [4.69, 9.17) is 34.3 Å². The zero-order valence-corrected chi connectivity index (χ0v) is 17.6. The predicted molar refractivity (Wildman–Crippen MR) is 117 cm³/mol. The third-order valence-electron chi connectivity index (χ3n) is 5.41. The maximum Gasteiger partial charge on any atom is 0.201 e. The second kappa shape index (κ2) is 7.53. The fraction of sp³-hybridized carbons (Fsp3) is 0.261. The van der Waals surface area contributed by atoms with Crippen molar-refractivity contribution >= 4 is 34.6 Å². The van der Waals surface area contributed by atoms with Crippen molar-refractivity contribution in [3.8, 4) is 0 Å². The topological polar surface area (TPSA) is 51.6 Å². The summed E-state index contributed by atoms with van der Waals surface area (Å²) in [7, 11) is 0. The molecule has 27 heavy (non-hydrogen) atoms. The molecular formula is C23H25Cl2N2+. The molecule has 4 heteroatoms. The highest BCUT2D eigenvalue weighted by Gasteiger charge is 2.30. The zero-order valence-electron chi connectivity index (χ0n) is 16.1. The fourth-order valence-corrected chi connectivity index (χ4v) is 4.52. The van der Waals surface area contributed by atoms with Crippen molar-refractivity contribution in [2.75, 3.05) is 5.73 Å². The molecule has 0 saturated carbocycles. The lowest BCUT2D eigenvalue weighted by atomic mass is 9.75. The van der Waals surface area contributed by atoms with E-state index in [1.807, 2.05) is 45.9 Å². The van der Waals surface area contributed by atoms with Crippen molar-refractivity contribution in [3.63, 3.8) is 0 Å². The molecule has 1 unspecified atom stereocenters. The Kier molecular flexibility index (Phi) is 5.50. The predicted octanol–water partition coefficient (Wildman–Crippen LogP) is 5.05. The Morgan fingerprint density at radius 2 is 1.41 bits per heavy atom. The summed E-state index contributed by atoms with van der Waals surface area (Å²) in [5.41, 5.74) is 14.2. The average molecular weight is 400 g/mol. The molecule has 0 radical (unpaired) electrons. The zero-order chi connectivity index (χ0) is 19.9. The van der Waals surface area contributed by atoms with Gasteiger partial charge in [-0.2, -0.15) is 0 Å². The maximum absolute atomic E-state index is 6.63. The van der Waals surface area contributed by atoms with Gasteiger partial charge in [0.15, 0.2) is 0 Å². The van der Waals surface area contributed by atoms with Crippen molar-refractivity contribution in [2.24, 2.45) is 5.92 Å². The molecule has 1 atom stereocenters. The molecule has 0 aliphatic heterocycles. The number of hydrogen-bond acceptors (Lipinski definition) is 1. The number of halogens is 2. The van der Waals surface area contributed by atoms with Gasteiger partial charge in [0, 0.05) is 38.7 Å². The van der Waals surface area contributed by atoms with Gasteiger partial charge in [0.1, 0.15) is 0 Å². The molecule has 140 valence electrons. The molecule has 3 rings (SSSR count). The van der Waals surface area contributed by atoms with Crippen molar-refractivity contribution in [1.29, 1.82) is 0 Å². The van der Waals surface area contributed by atoms with E-state index in [9.17, 15) is 0 Å². The number of benzene rings is 2. The quantitative estimate of drug-likeness (QED) is 0.697. The molecule has 0 spiro atoms. The van der Waals surface area contributed by atoms with Crippen LogP contribution in [0.25, 0.3) is 0 Å². The van der Waals surface area contributed by atoms with Crippen LogP contribution in [0.2, 0.25) is 10.0 Å². The largest absolute Gasteiger partial charge is 0.398 e. The van der Waals surface area contributed by atoms with Crippen LogP contribution in [-0.4, -0.2) is 5.71 Å². The molecule has 0 heterocycles. The maximum atomic E-state index is 6.63. The third kappa shape index (κ3) is 3.69. The van der Waals surface area contributed by atoms with Crippen LogP contribution in [0, 0.1) is 19.8 Å². The van der Waals surface area contributed by atoms with Crippen LogP contribution >= 0.6 is 23.2 Å². The Morgan fingerprint density at radius 1 is 0.926 bits per heavy atom. The SMILES string of the molecule is CC1=CC(C(c2cc(C)c(N)c(C)c2)c2c(Cl)cccc2Cl)C=C(C)C1=[NH2+]. The lowest BCUT2D eigenvalue weighted by Crippen LogP contribution is -2.42. The first-order chi connectivity index (χ1) is 12.7. The Hall–Kier alpha value is -2.03. The van der Waals surface area contributed by atoms with Gasteiger partial charge in [-0.15, -0.1) is 0 Å². The molecule has 1 aliphatic rings. The summed E-state index contributed by atoms with van der Waals surface area (Å²) in [6, 6.07) is 9.94. The first-order valence-electron chi connectivity index (χ1n) is 9.01. The summed E-state index contributed by atoms with van der Waals surface area (Å²) >= 11 is 13.3. The number of aryl methyl sites for hydroxylation is 2. The summed E-state index contributed by atoms with van der Waals surface area (Å²) in [4.78, 5) is 0. The molecule has 2 nitrogen and oxygen atoms in total. The van der Waals surface area contributed by atoms with Gasteiger partial charge in [0.2, 0.25) is 5.71 Å². The Balaban J connectivity index is 2.27. The van der Waals surface area contributed by atoms with E-state index in [0.717, 1.165) is 44.8 Å². The van der Waals surface area contributed by atoms with E-state index in [-0.39, 0.29) is 11.8 Å². The number of nitrogen functional groups attached to an aromatic ring is 1. The molecule has 4 N–H and O–H groups in total. The van der Waals surface area contributed by atoms with Gasteiger partial charge in [0.05, 0.1) is 0 Å². The molecule has 0 aromatic heterocycles. The van der Waals surface area contributed by atoms with Gasteiger partial charge in [-0.05, 0) is 62.1 Å². The highest BCUT2D eigenvalue weighted by Crippen LogP contribution is 2.44. The van der Waals surface area contributed by atoms with Crippen LogP contribution < -0.4 is 11.1 Å². The third-order valence-corrected chi connectivity index (χ3v) is 6.06. The van der Waals surface area contributed by atoms with E-state index in [1.165, 1.54) is 0 Å². The highest BCUT2D eigenvalue weighted by molar-refractivity contribution is 6.36. The van der Waals surface area contributed by atoms with Crippen molar-refractivity contribution in [3.05, 3.63) is 85.9 Å². The Labute approximate surface area is 171 Å². The second-order valence-corrected chi connectivity index (χ2v) is 8.19. The van der Waals surface area contributed by atoms with Gasteiger partial charge in [-0.3, -0.25) is 5.41 Å². The summed E-state index contributed by atoms with van der Waals surface area (Å²) in [6.07, 6.45) is 4.40. The minimum atomic E-state index is -0.0257. The molecule has 0 saturated heterocycles. The summed E-state index contributed by atoms with van der Waals surface area (Å²) in [5, 5.41) is 7.53. The number of anilines is 1. The first kappa shape index (κ1) is 19.7. The van der Waals surface area contributed by atoms with Crippen molar-refractivity contribution < 1.29 is 5.41 Å². The smallest absolute Gasteiger partial charge is 0.201 e. The highest BCUT2D eigenvalue weighted by atomic mass is 35.5. The second-order valence-electron chi connectivity index (χ2n) is 7.37. The van der Waals surface area contributed by atoms with Gasteiger partial charge >= 0.3 is 0 Å². The molecular weight excluding hydrogens is 375 g/mol. The molecule has 0 bridgehead atoms. The van der Waals surface area contributed by atoms with E-state index in [1.54, 1.807) is 0 Å². The number of hydrogen-bond donors (Lipinski definition) is 2. The Bertz CT molecular complexity index is 921. The van der Waals surface area contributed by atoms with E-state index in [2.05, 4.69) is 24.3 Å². The van der Waals surface area contributed by atoms with Crippen molar-refractivity contribution in [1.82, 2.24) is 0 Å². The van der Waals surface area contributed by atoms with E-state index in [0.29, 0.717) is 10.0 Å². The van der Waals surface area contributed by atoms with Gasteiger partial charge in [-0.1, -0.05) is 53.6 Å². The number of allylic oxidation sites excluding steroid dienone is 4. The first-order valence-corrected chi connectivity index (χ1v) is 9.76. The van der Waals surface area contributed by atoms with Crippen LogP contribution in [-0.2, 0) is 0 Å². The van der Waals surface area contributed by atoms with Crippen LogP contribution in [0.4, 0.5) is 5.69 Å². The minimum absolute atomic E-state index is 0.0257. The standard InChI is InChI=1S/C23H24Cl2N2/c1-12-8-16(9-13(2)22(12)26)20(21-18(24)6-5-7-19(21)25)17-10-14(3)23(27)15(4)11-17/h5-11,16,20,26H,27H2,1-4H3/p+1. The molecule has 1 aliphatic carbocycles. The molecule has 0 amide bonds. The number of nitrogens with two attached hydrogens (primary N) is 2. The lowest BCUT2D eigenvalue weighted by molar-refractivity contribution is -0.112. The summed E-state index contributed by atoms with van der Waals surface area (Å²) < 4.78 is 0. The Morgan fingerprint density at radius 3 is 1.89 bits per heavy atom. The normalized spacial score (nSPS) is 16.1. The monoisotopic (exact) mass is 399 g/mol. The fourth-order valence-electron chi connectivity index (χ4n) is 3.89. The average Bonchev–Trinajstić information content (AvgIpc) is 2.60. The van der Waals surface area contributed by atoms with E-state index < -0.39 is 0 Å². The molecule has 0 fully saturated rings. The molecule has 2 aromatic carbocycles. The lowest BCUT2D eigenvalue weighted by Gasteiger charge is -2.29. The van der Waals surface area contributed by atoms with Crippen LogP contribution in [0.5, 0.6) is 0 Å². The van der Waals surface area contributed by atoms with E-state index >= 15 is 0 Å². The van der Waals surface area contributed by atoms with Crippen LogP contribution in [0.15, 0.2) is 53.6 Å². The van der Waals surface area contributed by atoms with Gasteiger partial charge in [0.25, 0.3) is 0 Å². The van der Waals surface area contributed by atoms with Crippen molar-refractivity contribution in [2.45, 2.75) is 33.6 Å². The van der Waals surface area contributed by atoms with Gasteiger partial charge < -0.3 is 5.73 Å². The molecule has 2 aromatic rings. The summed E-state index contributed by atoms with van der Waals surface area (Å²) in [5.74, 6) is 0.0688. The van der Waals surface area contributed by atoms with Crippen LogP contribution in [0.1, 0.15) is 42.0 Å². The van der Waals surface area contributed by atoms with Gasteiger partial charge in [-0.25, -0.2) is 0 Å². The minimum Gasteiger partial charge on any atom is -0.398 e. The van der Waals surface area contributed by atoms with Crippen LogP contribution in [0.3, 0.4) is 0 Å². The summed E-state index contributed by atoms with van der Waals surface area (Å²) in [6.45, 7) is 8.16. The number of rotatable bonds is 3.